The summed E-state index contributed by atoms with van der Waals surface area (Å²) in [7, 11) is 0. The average molecular weight is 227 g/mol. The lowest BCUT2D eigenvalue weighted by Gasteiger charge is -2.20. The van der Waals surface area contributed by atoms with Gasteiger partial charge in [0, 0.05) is 12.6 Å². The van der Waals surface area contributed by atoms with E-state index in [1.807, 2.05) is 26.8 Å². The molecule has 0 rings (SSSR count). The van der Waals surface area contributed by atoms with Crippen LogP contribution in [0.2, 0.25) is 0 Å². The highest BCUT2D eigenvalue weighted by molar-refractivity contribution is 5.70. The Morgan fingerprint density at radius 3 is 2.62 bits per heavy atom. The number of rotatable bonds is 7. The van der Waals surface area contributed by atoms with Crippen molar-refractivity contribution in [3.63, 3.8) is 0 Å². The zero-order chi connectivity index (χ0) is 12.6. The Morgan fingerprint density at radius 2 is 2.12 bits per heavy atom. The van der Waals surface area contributed by atoms with Crippen LogP contribution in [-0.4, -0.2) is 24.2 Å². The van der Waals surface area contributed by atoms with E-state index in [1.165, 1.54) is 0 Å². The van der Waals surface area contributed by atoms with Crippen molar-refractivity contribution in [2.75, 3.05) is 6.54 Å². The number of nitrogens with one attached hydrogen (secondary N) is 1. The van der Waals surface area contributed by atoms with Crippen LogP contribution in [0.1, 0.15) is 47.0 Å². The summed E-state index contributed by atoms with van der Waals surface area (Å²) in [4.78, 5) is 11.4. The molecule has 0 aliphatic heterocycles. The Labute approximate surface area is 99.3 Å². The van der Waals surface area contributed by atoms with E-state index in [0.29, 0.717) is 19.0 Å². The zero-order valence-corrected chi connectivity index (χ0v) is 11.0. The Hall–Kier alpha value is -0.830. The molecule has 0 radical (unpaired) electrons. The van der Waals surface area contributed by atoms with Crippen molar-refractivity contribution in [2.24, 2.45) is 0 Å². The zero-order valence-electron chi connectivity index (χ0n) is 11.0. The third-order valence-electron chi connectivity index (χ3n) is 2.05. The molecule has 16 heavy (non-hydrogen) atoms. The molecule has 0 aliphatic carbocycles. The standard InChI is InChI=1S/C13H25NO2/c1-6-7-8-11(2)14-10-9-12(15)16-13(3,4)5/h6,11,14H,1,7-10H2,2-5H3. The largest absolute Gasteiger partial charge is 0.460 e. The van der Waals surface area contributed by atoms with E-state index in [0.717, 1.165) is 12.8 Å². The molecule has 0 saturated carbocycles. The van der Waals surface area contributed by atoms with Gasteiger partial charge in [0.25, 0.3) is 0 Å². The van der Waals surface area contributed by atoms with E-state index in [-0.39, 0.29) is 11.6 Å². The van der Waals surface area contributed by atoms with Gasteiger partial charge in [-0.25, -0.2) is 0 Å². The summed E-state index contributed by atoms with van der Waals surface area (Å²) in [6.07, 6.45) is 4.39. The third-order valence-corrected chi connectivity index (χ3v) is 2.05. The molecule has 94 valence electrons. The molecule has 0 heterocycles. The van der Waals surface area contributed by atoms with Crippen molar-refractivity contribution in [1.82, 2.24) is 5.32 Å². The molecule has 0 bridgehead atoms. The number of carbonyl (C=O) groups excluding carboxylic acids is 1. The second kappa shape index (κ2) is 7.44. The number of carbonyl (C=O) groups is 1. The molecular formula is C13H25NO2. The summed E-state index contributed by atoms with van der Waals surface area (Å²) in [6, 6.07) is 0.417. The maximum absolute atomic E-state index is 11.4. The van der Waals surface area contributed by atoms with Crippen LogP contribution in [0.5, 0.6) is 0 Å². The van der Waals surface area contributed by atoms with Crippen molar-refractivity contribution in [2.45, 2.75) is 58.6 Å². The van der Waals surface area contributed by atoms with Gasteiger partial charge in [-0.1, -0.05) is 6.08 Å². The molecule has 0 aliphatic rings. The predicted octanol–water partition coefficient (Wildman–Crippen LogP) is 2.66. The summed E-state index contributed by atoms with van der Waals surface area (Å²) in [6.45, 7) is 12.1. The van der Waals surface area contributed by atoms with Gasteiger partial charge < -0.3 is 10.1 Å². The number of hydrogen-bond acceptors (Lipinski definition) is 3. The Bertz CT molecular complexity index is 218. The highest BCUT2D eigenvalue weighted by atomic mass is 16.6. The van der Waals surface area contributed by atoms with Gasteiger partial charge in [-0.2, -0.15) is 0 Å². The first-order valence-corrected chi connectivity index (χ1v) is 5.91. The molecular weight excluding hydrogens is 202 g/mol. The smallest absolute Gasteiger partial charge is 0.307 e. The lowest BCUT2D eigenvalue weighted by atomic mass is 10.2. The molecule has 1 atom stereocenters. The first-order chi connectivity index (χ1) is 7.35. The van der Waals surface area contributed by atoms with Gasteiger partial charge in [-0.15, -0.1) is 6.58 Å². The van der Waals surface area contributed by atoms with E-state index in [9.17, 15) is 4.79 Å². The summed E-state index contributed by atoms with van der Waals surface area (Å²) < 4.78 is 5.21. The van der Waals surface area contributed by atoms with E-state index >= 15 is 0 Å². The molecule has 0 fully saturated rings. The van der Waals surface area contributed by atoms with Crippen LogP contribution in [-0.2, 0) is 9.53 Å². The fraction of sp³-hybridized carbons (Fsp3) is 0.769. The van der Waals surface area contributed by atoms with Crippen LogP contribution in [0.15, 0.2) is 12.7 Å². The molecule has 1 N–H and O–H groups in total. The van der Waals surface area contributed by atoms with Crippen LogP contribution in [0.3, 0.4) is 0 Å². The molecule has 0 aromatic rings. The number of allylic oxidation sites excluding steroid dienone is 1. The van der Waals surface area contributed by atoms with Crippen LogP contribution in [0.25, 0.3) is 0 Å². The van der Waals surface area contributed by atoms with Crippen molar-refractivity contribution >= 4 is 5.97 Å². The normalized spacial score (nSPS) is 13.2. The second-order valence-electron chi connectivity index (χ2n) is 5.06. The van der Waals surface area contributed by atoms with Crippen LogP contribution in [0, 0.1) is 0 Å². The average Bonchev–Trinajstić information content (AvgIpc) is 2.11. The molecule has 3 nitrogen and oxygen atoms in total. The Kier molecular flexibility index (Phi) is 7.06. The van der Waals surface area contributed by atoms with Crippen LogP contribution >= 0.6 is 0 Å². The van der Waals surface area contributed by atoms with E-state index in [1.54, 1.807) is 0 Å². The highest BCUT2D eigenvalue weighted by Crippen LogP contribution is 2.07. The molecule has 0 spiro atoms. The topological polar surface area (TPSA) is 38.3 Å². The SMILES string of the molecule is C=CCCC(C)NCCC(=O)OC(C)(C)C. The maximum atomic E-state index is 11.4. The lowest BCUT2D eigenvalue weighted by Crippen LogP contribution is -2.30. The van der Waals surface area contributed by atoms with Gasteiger partial charge in [0.15, 0.2) is 0 Å². The molecule has 0 aromatic carbocycles. The highest BCUT2D eigenvalue weighted by Gasteiger charge is 2.15. The Balaban J connectivity index is 3.58. The maximum Gasteiger partial charge on any atom is 0.307 e. The second-order valence-corrected chi connectivity index (χ2v) is 5.06. The van der Waals surface area contributed by atoms with Crippen molar-refractivity contribution < 1.29 is 9.53 Å². The number of ether oxygens (including phenoxy) is 1. The fourth-order valence-corrected chi connectivity index (χ4v) is 1.28. The van der Waals surface area contributed by atoms with Gasteiger partial charge in [0.05, 0.1) is 6.42 Å². The molecule has 0 aromatic heterocycles. The monoisotopic (exact) mass is 227 g/mol. The van der Waals surface area contributed by atoms with Gasteiger partial charge in [-0.05, 0) is 40.5 Å². The molecule has 3 heteroatoms. The summed E-state index contributed by atoms with van der Waals surface area (Å²) in [5, 5.41) is 3.29. The minimum absolute atomic E-state index is 0.143. The van der Waals surface area contributed by atoms with Crippen LogP contribution < -0.4 is 5.32 Å². The number of hydrogen-bond donors (Lipinski definition) is 1. The Morgan fingerprint density at radius 1 is 1.50 bits per heavy atom. The summed E-state index contributed by atoms with van der Waals surface area (Å²) in [5.41, 5.74) is -0.383. The van der Waals surface area contributed by atoms with E-state index in [2.05, 4.69) is 18.8 Å². The summed E-state index contributed by atoms with van der Waals surface area (Å²) >= 11 is 0. The predicted molar refractivity (Wildman–Crippen MR) is 67.4 cm³/mol. The fourth-order valence-electron chi connectivity index (χ4n) is 1.28. The first-order valence-electron chi connectivity index (χ1n) is 5.91. The van der Waals surface area contributed by atoms with Crippen molar-refractivity contribution in [3.05, 3.63) is 12.7 Å². The summed E-state index contributed by atoms with van der Waals surface area (Å²) in [5.74, 6) is -0.143. The first kappa shape index (κ1) is 15.2. The van der Waals surface area contributed by atoms with Crippen molar-refractivity contribution in [1.29, 1.82) is 0 Å². The van der Waals surface area contributed by atoms with Gasteiger partial charge in [-0.3, -0.25) is 4.79 Å². The quantitative estimate of drug-likeness (QED) is 0.537. The van der Waals surface area contributed by atoms with E-state index in [4.69, 9.17) is 4.74 Å². The molecule has 0 amide bonds. The lowest BCUT2D eigenvalue weighted by molar-refractivity contribution is -0.154. The van der Waals surface area contributed by atoms with Crippen LogP contribution in [0.4, 0.5) is 0 Å². The van der Waals surface area contributed by atoms with Gasteiger partial charge in [0.1, 0.15) is 5.60 Å². The van der Waals surface area contributed by atoms with Gasteiger partial charge in [0.2, 0.25) is 0 Å². The molecule has 0 saturated heterocycles. The van der Waals surface area contributed by atoms with Crippen molar-refractivity contribution in [3.8, 4) is 0 Å². The van der Waals surface area contributed by atoms with Gasteiger partial charge >= 0.3 is 5.97 Å². The number of esters is 1. The molecule has 1 unspecified atom stereocenters. The van der Waals surface area contributed by atoms with E-state index < -0.39 is 0 Å². The minimum atomic E-state index is -0.383. The minimum Gasteiger partial charge on any atom is -0.460 e. The third kappa shape index (κ3) is 9.71.